The number of nitrogens with one attached hydrogen (secondary N) is 1. The van der Waals surface area contributed by atoms with Crippen molar-refractivity contribution in [2.45, 2.75) is 30.8 Å². The zero-order valence-corrected chi connectivity index (χ0v) is 14.6. The van der Waals surface area contributed by atoms with Crippen molar-refractivity contribution in [3.63, 3.8) is 0 Å². The molecule has 3 saturated heterocycles. The van der Waals surface area contributed by atoms with Crippen molar-refractivity contribution in [3.8, 4) is 0 Å². The second kappa shape index (κ2) is 6.37. The second-order valence-electron chi connectivity index (χ2n) is 7.66. The highest BCUT2D eigenvalue weighted by molar-refractivity contribution is 5.78. The fourth-order valence-corrected chi connectivity index (χ4v) is 4.42. The number of benzene rings is 1. The van der Waals surface area contributed by atoms with Crippen molar-refractivity contribution in [2.75, 3.05) is 46.3 Å². The Labute approximate surface area is 144 Å². The normalized spacial score (nSPS) is 25.0. The average Bonchev–Trinajstić information content (AvgIpc) is 2.89. The number of rotatable bonds is 4. The molecule has 0 aliphatic carbocycles. The molecule has 3 fully saturated rings. The molecule has 3 aliphatic heterocycles. The molecule has 1 aromatic carbocycles. The van der Waals surface area contributed by atoms with Crippen molar-refractivity contribution < 1.29 is 4.79 Å². The number of hydrogen-bond donors (Lipinski definition) is 1. The first-order valence-electron chi connectivity index (χ1n) is 9.18. The zero-order valence-electron chi connectivity index (χ0n) is 14.6. The van der Waals surface area contributed by atoms with Gasteiger partial charge in [0.05, 0.1) is 5.54 Å². The van der Waals surface area contributed by atoms with Crippen molar-refractivity contribution >= 4 is 6.03 Å². The van der Waals surface area contributed by atoms with E-state index in [2.05, 4.69) is 45.4 Å². The summed E-state index contributed by atoms with van der Waals surface area (Å²) in [7, 11) is 1.94. The van der Waals surface area contributed by atoms with Crippen LogP contribution >= 0.6 is 0 Å². The summed E-state index contributed by atoms with van der Waals surface area (Å²) in [5, 5.41) is 2.98. The van der Waals surface area contributed by atoms with Crippen LogP contribution in [0.1, 0.15) is 18.4 Å². The number of piperidine rings is 1. The predicted molar refractivity (Wildman–Crippen MR) is 95.1 cm³/mol. The molecule has 4 rings (SSSR count). The molecule has 0 radical (unpaired) electrons. The molecule has 3 aliphatic rings. The van der Waals surface area contributed by atoms with Gasteiger partial charge in [0.15, 0.2) is 0 Å². The molecular formula is C19H28N4O. The van der Waals surface area contributed by atoms with Crippen molar-refractivity contribution in [2.24, 2.45) is 0 Å². The molecule has 0 unspecified atom stereocenters. The fraction of sp³-hybridized carbons (Fsp3) is 0.632. The largest absolute Gasteiger partial charge is 0.336 e. The number of carbonyl (C=O) groups is 1. The van der Waals surface area contributed by atoms with E-state index < -0.39 is 0 Å². The van der Waals surface area contributed by atoms with Crippen LogP contribution in [0.4, 0.5) is 4.79 Å². The van der Waals surface area contributed by atoms with Gasteiger partial charge in [0.1, 0.15) is 0 Å². The SMILES string of the molecule is CN1C(=O)NCC12CN(C1CCN(CCc3ccccc3)CC1)C2. The van der Waals surface area contributed by atoms with Crippen LogP contribution in [0.15, 0.2) is 30.3 Å². The number of urea groups is 1. The molecule has 0 saturated carbocycles. The van der Waals surface area contributed by atoms with Crippen LogP contribution in [0.25, 0.3) is 0 Å². The fourth-order valence-electron chi connectivity index (χ4n) is 4.42. The number of likely N-dealkylation sites (N-methyl/N-ethyl adjacent to an activating group) is 1. The van der Waals surface area contributed by atoms with Gasteiger partial charge in [0.25, 0.3) is 0 Å². The first-order chi connectivity index (χ1) is 11.7. The molecule has 130 valence electrons. The van der Waals surface area contributed by atoms with Gasteiger partial charge in [0.2, 0.25) is 0 Å². The third kappa shape index (κ3) is 2.91. The lowest BCUT2D eigenvalue weighted by Crippen LogP contribution is -2.71. The molecule has 1 N–H and O–H groups in total. The minimum Gasteiger partial charge on any atom is -0.336 e. The highest BCUT2D eigenvalue weighted by Crippen LogP contribution is 2.33. The van der Waals surface area contributed by atoms with Crippen molar-refractivity contribution in [1.82, 2.24) is 20.0 Å². The minimum atomic E-state index is 0.0710. The van der Waals surface area contributed by atoms with E-state index in [4.69, 9.17) is 0 Å². The van der Waals surface area contributed by atoms with E-state index >= 15 is 0 Å². The summed E-state index contributed by atoms with van der Waals surface area (Å²) < 4.78 is 0. The molecule has 1 spiro atoms. The molecule has 24 heavy (non-hydrogen) atoms. The topological polar surface area (TPSA) is 38.8 Å². The Balaban J connectivity index is 1.21. The minimum absolute atomic E-state index is 0.0710. The molecule has 3 heterocycles. The number of hydrogen-bond acceptors (Lipinski definition) is 3. The van der Waals surface area contributed by atoms with Gasteiger partial charge in [0, 0.05) is 39.3 Å². The lowest BCUT2D eigenvalue weighted by molar-refractivity contribution is -0.0406. The summed E-state index contributed by atoms with van der Waals surface area (Å²) in [5.41, 5.74) is 1.51. The number of nitrogens with zero attached hydrogens (tertiary/aromatic N) is 3. The van der Waals surface area contributed by atoms with Gasteiger partial charge >= 0.3 is 6.03 Å². The van der Waals surface area contributed by atoms with Crippen molar-refractivity contribution in [3.05, 3.63) is 35.9 Å². The van der Waals surface area contributed by atoms with Gasteiger partial charge in [-0.3, -0.25) is 4.90 Å². The number of carbonyl (C=O) groups excluding carboxylic acids is 1. The Morgan fingerprint density at radius 2 is 1.88 bits per heavy atom. The summed E-state index contributed by atoms with van der Waals surface area (Å²) in [6, 6.07) is 11.6. The van der Waals surface area contributed by atoms with Crippen LogP contribution in [-0.4, -0.2) is 78.6 Å². The molecule has 1 aromatic rings. The Hall–Kier alpha value is -1.59. The maximum Gasteiger partial charge on any atom is 0.317 e. The predicted octanol–water partition coefficient (Wildman–Crippen LogP) is 1.40. The Morgan fingerprint density at radius 1 is 1.17 bits per heavy atom. The molecule has 0 atom stereocenters. The van der Waals surface area contributed by atoms with Gasteiger partial charge in [-0.15, -0.1) is 0 Å². The Bertz CT molecular complexity index is 576. The van der Waals surface area contributed by atoms with Crippen LogP contribution in [-0.2, 0) is 6.42 Å². The Morgan fingerprint density at radius 3 is 2.50 bits per heavy atom. The lowest BCUT2D eigenvalue weighted by Gasteiger charge is -2.54. The molecule has 2 amide bonds. The maximum atomic E-state index is 11.7. The van der Waals surface area contributed by atoms with E-state index in [1.165, 1.54) is 38.0 Å². The molecular weight excluding hydrogens is 300 g/mol. The molecule has 0 bridgehead atoms. The van der Waals surface area contributed by atoms with E-state index in [1.54, 1.807) is 0 Å². The zero-order chi connectivity index (χ0) is 16.6. The standard InChI is InChI=1S/C19H28N4O/c1-21-18(24)20-13-19(21)14-23(15-19)17-8-11-22(12-9-17)10-7-16-5-3-2-4-6-16/h2-6,17H,7-15H2,1H3,(H,20,24). The van der Waals surface area contributed by atoms with Gasteiger partial charge in [-0.25, -0.2) is 4.79 Å². The first kappa shape index (κ1) is 15.9. The van der Waals surface area contributed by atoms with E-state index in [1.807, 2.05) is 11.9 Å². The number of amides is 2. The van der Waals surface area contributed by atoms with E-state index in [0.29, 0.717) is 6.04 Å². The monoisotopic (exact) mass is 328 g/mol. The summed E-state index contributed by atoms with van der Waals surface area (Å²) in [6.45, 7) is 6.46. The Kier molecular flexibility index (Phi) is 4.22. The van der Waals surface area contributed by atoms with Gasteiger partial charge in [-0.2, -0.15) is 0 Å². The van der Waals surface area contributed by atoms with E-state index in [-0.39, 0.29) is 11.6 Å². The third-order valence-corrected chi connectivity index (χ3v) is 6.21. The summed E-state index contributed by atoms with van der Waals surface area (Å²) >= 11 is 0. The summed E-state index contributed by atoms with van der Waals surface area (Å²) in [5.74, 6) is 0. The lowest BCUT2D eigenvalue weighted by atomic mass is 9.86. The highest BCUT2D eigenvalue weighted by Gasteiger charge is 2.53. The first-order valence-corrected chi connectivity index (χ1v) is 9.18. The van der Waals surface area contributed by atoms with Gasteiger partial charge in [-0.05, 0) is 37.9 Å². The van der Waals surface area contributed by atoms with Gasteiger partial charge in [-0.1, -0.05) is 30.3 Å². The van der Waals surface area contributed by atoms with Gasteiger partial charge < -0.3 is 15.1 Å². The van der Waals surface area contributed by atoms with Crippen LogP contribution < -0.4 is 5.32 Å². The quantitative estimate of drug-likeness (QED) is 0.908. The summed E-state index contributed by atoms with van der Waals surface area (Å²) in [6.07, 6.45) is 3.67. The number of likely N-dealkylation sites (tertiary alicyclic amines) is 2. The smallest absolute Gasteiger partial charge is 0.317 e. The highest BCUT2D eigenvalue weighted by atomic mass is 16.2. The molecule has 5 nitrogen and oxygen atoms in total. The summed E-state index contributed by atoms with van der Waals surface area (Å²) in [4.78, 5) is 18.8. The van der Waals surface area contributed by atoms with Crippen LogP contribution in [0.5, 0.6) is 0 Å². The average molecular weight is 328 g/mol. The van der Waals surface area contributed by atoms with Crippen LogP contribution in [0.3, 0.4) is 0 Å². The second-order valence-corrected chi connectivity index (χ2v) is 7.66. The van der Waals surface area contributed by atoms with Crippen LogP contribution in [0.2, 0.25) is 0 Å². The van der Waals surface area contributed by atoms with E-state index in [9.17, 15) is 4.79 Å². The molecule has 5 heteroatoms. The molecule has 0 aromatic heterocycles. The maximum absolute atomic E-state index is 11.7. The van der Waals surface area contributed by atoms with Crippen LogP contribution in [0, 0.1) is 0 Å². The van der Waals surface area contributed by atoms with Crippen molar-refractivity contribution in [1.29, 1.82) is 0 Å². The third-order valence-electron chi connectivity index (χ3n) is 6.21. The van der Waals surface area contributed by atoms with E-state index in [0.717, 1.165) is 26.1 Å².